The van der Waals surface area contributed by atoms with Gasteiger partial charge in [-0.25, -0.2) is 9.67 Å². The van der Waals surface area contributed by atoms with Gasteiger partial charge >= 0.3 is 0 Å². The summed E-state index contributed by atoms with van der Waals surface area (Å²) in [7, 11) is 0. The number of aliphatic imine (C=N–C) groups is 1. The van der Waals surface area contributed by atoms with Gasteiger partial charge in [0.1, 0.15) is 0 Å². The van der Waals surface area contributed by atoms with Gasteiger partial charge in [0.15, 0.2) is 5.17 Å². The van der Waals surface area contributed by atoms with Crippen LogP contribution in [0.5, 0.6) is 0 Å². The number of carbonyl (C=O) groups is 1. The molecule has 1 saturated heterocycles. The number of aromatic nitrogens is 2. The first-order chi connectivity index (χ1) is 15.7. The van der Waals surface area contributed by atoms with Gasteiger partial charge in [-0.3, -0.25) is 4.79 Å². The van der Waals surface area contributed by atoms with Crippen LogP contribution < -0.4 is 5.32 Å². The number of nitrogens with one attached hydrogen (secondary N) is 1. The highest BCUT2D eigenvalue weighted by Gasteiger charge is 2.25. The van der Waals surface area contributed by atoms with Crippen molar-refractivity contribution in [2.24, 2.45) is 4.99 Å². The van der Waals surface area contributed by atoms with E-state index in [0.29, 0.717) is 10.1 Å². The first kappa shape index (κ1) is 20.0. The predicted molar refractivity (Wildman–Crippen MR) is 131 cm³/mol. The smallest absolute Gasteiger partial charge is 0.264 e. The van der Waals surface area contributed by atoms with E-state index in [-0.39, 0.29) is 5.91 Å². The lowest BCUT2D eigenvalue weighted by molar-refractivity contribution is -0.115. The molecule has 156 valence electrons. The number of thioether (sulfide) groups is 1. The zero-order valence-corrected chi connectivity index (χ0v) is 18.2. The van der Waals surface area contributed by atoms with Gasteiger partial charge in [-0.15, -0.1) is 0 Å². The van der Waals surface area contributed by atoms with Crippen LogP contribution in [0.25, 0.3) is 23.0 Å². The third-order valence-electron chi connectivity index (χ3n) is 5.01. The molecule has 1 N–H and O–H groups in total. The average Bonchev–Trinajstić information content (AvgIpc) is 3.39. The molecule has 0 radical (unpaired) electrons. The molecule has 5 rings (SSSR count). The molecule has 1 aliphatic rings. The Labute approximate surface area is 190 Å². The first-order valence-corrected chi connectivity index (χ1v) is 11.0. The van der Waals surface area contributed by atoms with E-state index in [1.54, 1.807) is 0 Å². The van der Waals surface area contributed by atoms with E-state index in [1.807, 2.05) is 77.6 Å². The second kappa shape index (κ2) is 8.69. The molecule has 1 aromatic heterocycles. The minimum Gasteiger partial charge on any atom is -0.300 e. The van der Waals surface area contributed by atoms with Crippen molar-refractivity contribution >= 4 is 34.6 Å². The van der Waals surface area contributed by atoms with Crippen LogP contribution in [0.2, 0.25) is 0 Å². The summed E-state index contributed by atoms with van der Waals surface area (Å²) in [5.74, 6) is -0.160. The zero-order valence-electron chi connectivity index (χ0n) is 17.4. The number of benzene rings is 3. The van der Waals surface area contributed by atoms with Crippen molar-refractivity contribution in [2.45, 2.75) is 6.92 Å². The first-order valence-electron chi connectivity index (χ1n) is 10.2. The summed E-state index contributed by atoms with van der Waals surface area (Å²) < 4.78 is 1.85. The van der Waals surface area contributed by atoms with E-state index in [0.717, 1.165) is 28.2 Å². The lowest BCUT2D eigenvalue weighted by Gasteiger charge is -2.01. The van der Waals surface area contributed by atoms with Crippen LogP contribution in [0.4, 0.5) is 5.69 Å². The third-order valence-corrected chi connectivity index (χ3v) is 5.92. The Bertz CT molecular complexity index is 1320. The Kier molecular flexibility index (Phi) is 5.44. The van der Waals surface area contributed by atoms with E-state index < -0.39 is 0 Å². The molecule has 32 heavy (non-hydrogen) atoms. The number of nitrogens with zero attached hydrogens (tertiary/aromatic N) is 3. The molecule has 1 amide bonds. The maximum Gasteiger partial charge on any atom is 0.264 e. The van der Waals surface area contributed by atoms with Gasteiger partial charge in [0, 0.05) is 17.3 Å². The van der Waals surface area contributed by atoms with Crippen LogP contribution in [-0.2, 0) is 4.79 Å². The van der Waals surface area contributed by atoms with E-state index in [2.05, 4.69) is 41.5 Å². The monoisotopic (exact) mass is 436 g/mol. The van der Waals surface area contributed by atoms with E-state index in [9.17, 15) is 4.79 Å². The van der Waals surface area contributed by atoms with Crippen molar-refractivity contribution in [2.75, 3.05) is 0 Å². The minimum absolute atomic E-state index is 0.160. The fraction of sp³-hybridized carbons (Fsp3) is 0.0385. The average molecular weight is 437 g/mol. The Balaban J connectivity index is 1.54. The Hall–Kier alpha value is -3.90. The van der Waals surface area contributed by atoms with Gasteiger partial charge in [0.05, 0.1) is 22.0 Å². The van der Waals surface area contributed by atoms with Gasteiger partial charge in [-0.05, 0) is 49.0 Å². The number of carbonyl (C=O) groups excluding carboxylic acids is 1. The van der Waals surface area contributed by atoms with Gasteiger partial charge < -0.3 is 5.32 Å². The van der Waals surface area contributed by atoms with Gasteiger partial charge in [-0.1, -0.05) is 66.2 Å². The number of hydrogen-bond acceptors (Lipinski definition) is 4. The molecule has 1 aliphatic heterocycles. The topological polar surface area (TPSA) is 59.3 Å². The standard InChI is InChI=1S/C26H20N4OS/c1-18-12-14-19(15-13-18)24-20(17-30(29-24)22-10-6-3-7-11-22)16-23-25(31)28-26(32-23)27-21-8-4-2-5-9-21/h2-17H,1H3,(H,27,28,31)/b23-16-. The number of aryl methyl sites for hydroxylation is 1. The van der Waals surface area contributed by atoms with Crippen LogP contribution in [0.15, 0.2) is 101 Å². The fourth-order valence-corrected chi connectivity index (χ4v) is 4.22. The van der Waals surface area contributed by atoms with Crippen LogP contribution in [-0.4, -0.2) is 20.9 Å². The summed E-state index contributed by atoms with van der Waals surface area (Å²) in [5, 5.41) is 8.26. The molecule has 4 aromatic rings. The van der Waals surface area contributed by atoms with Crippen LogP contribution in [0, 0.1) is 6.92 Å². The molecule has 2 heterocycles. The summed E-state index contributed by atoms with van der Waals surface area (Å²) in [6, 6.07) is 27.8. The third kappa shape index (κ3) is 4.26. The van der Waals surface area contributed by atoms with E-state index >= 15 is 0 Å². The van der Waals surface area contributed by atoms with Gasteiger partial charge in [0.25, 0.3) is 5.91 Å². The van der Waals surface area contributed by atoms with Crippen molar-refractivity contribution in [3.8, 4) is 16.9 Å². The molecule has 6 heteroatoms. The summed E-state index contributed by atoms with van der Waals surface area (Å²) in [5.41, 5.74) is 5.64. The van der Waals surface area contributed by atoms with Crippen LogP contribution >= 0.6 is 11.8 Å². The number of amides is 1. The number of amidine groups is 1. The molecule has 3 aromatic carbocycles. The molecule has 0 bridgehead atoms. The SMILES string of the molecule is Cc1ccc(-c2nn(-c3ccccc3)cc2/C=C2\SC(=Nc3ccccc3)NC2=O)cc1. The minimum atomic E-state index is -0.160. The van der Waals surface area contributed by atoms with Gasteiger partial charge in [0.2, 0.25) is 0 Å². The molecule has 0 unspecified atom stereocenters. The molecule has 0 aliphatic carbocycles. The second-order valence-electron chi connectivity index (χ2n) is 7.40. The normalized spacial score (nSPS) is 16.0. The number of rotatable bonds is 4. The highest BCUT2D eigenvalue weighted by Crippen LogP contribution is 2.32. The van der Waals surface area contributed by atoms with Crippen molar-refractivity contribution in [3.63, 3.8) is 0 Å². The summed E-state index contributed by atoms with van der Waals surface area (Å²) >= 11 is 1.33. The fourth-order valence-electron chi connectivity index (χ4n) is 3.38. The molecule has 1 fully saturated rings. The number of para-hydroxylation sites is 2. The molecule has 0 spiro atoms. The summed E-state index contributed by atoms with van der Waals surface area (Å²) in [6.45, 7) is 2.06. The highest BCUT2D eigenvalue weighted by molar-refractivity contribution is 8.18. The molecule has 0 atom stereocenters. The molecular formula is C26H20N4OS. The second-order valence-corrected chi connectivity index (χ2v) is 8.43. The van der Waals surface area contributed by atoms with Gasteiger partial charge in [-0.2, -0.15) is 5.10 Å². The largest absolute Gasteiger partial charge is 0.300 e. The maximum absolute atomic E-state index is 12.6. The zero-order chi connectivity index (χ0) is 21.9. The predicted octanol–water partition coefficient (Wildman–Crippen LogP) is 5.74. The van der Waals surface area contributed by atoms with Crippen LogP contribution in [0.1, 0.15) is 11.1 Å². The van der Waals surface area contributed by atoms with Crippen molar-refractivity contribution in [3.05, 3.63) is 107 Å². The lowest BCUT2D eigenvalue weighted by atomic mass is 10.1. The Morgan fingerprint density at radius 2 is 1.62 bits per heavy atom. The Morgan fingerprint density at radius 3 is 2.34 bits per heavy atom. The summed E-state index contributed by atoms with van der Waals surface area (Å²) in [4.78, 5) is 17.8. The van der Waals surface area contributed by atoms with E-state index in [1.165, 1.54) is 17.3 Å². The molecule has 0 saturated carbocycles. The van der Waals surface area contributed by atoms with Crippen molar-refractivity contribution in [1.29, 1.82) is 0 Å². The Morgan fingerprint density at radius 1 is 0.938 bits per heavy atom. The highest BCUT2D eigenvalue weighted by atomic mass is 32.2. The molecular weight excluding hydrogens is 416 g/mol. The van der Waals surface area contributed by atoms with Crippen LogP contribution in [0.3, 0.4) is 0 Å². The lowest BCUT2D eigenvalue weighted by Crippen LogP contribution is -2.19. The maximum atomic E-state index is 12.6. The van der Waals surface area contributed by atoms with Crippen molar-refractivity contribution < 1.29 is 4.79 Å². The van der Waals surface area contributed by atoms with Crippen molar-refractivity contribution in [1.82, 2.24) is 15.1 Å². The molecule has 5 nitrogen and oxygen atoms in total. The number of hydrogen-bond donors (Lipinski definition) is 1. The van der Waals surface area contributed by atoms with E-state index in [4.69, 9.17) is 5.10 Å². The summed E-state index contributed by atoms with van der Waals surface area (Å²) in [6.07, 6.45) is 3.84. The quantitative estimate of drug-likeness (QED) is 0.415.